The predicted octanol–water partition coefficient (Wildman–Crippen LogP) is 22.3. The van der Waals surface area contributed by atoms with Crippen LogP contribution in [0.4, 0.5) is 0 Å². The van der Waals surface area contributed by atoms with E-state index in [1.165, 1.54) is 176 Å². The third-order valence-corrected chi connectivity index (χ3v) is 21.6. The molecule has 1 atom stereocenters. The van der Waals surface area contributed by atoms with Gasteiger partial charge in [0, 0.05) is 32.9 Å². The van der Waals surface area contributed by atoms with E-state index in [4.69, 9.17) is 0 Å². The second-order valence-electron chi connectivity index (χ2n) is 25.5. The molecule has 5 aliphatic rings. The maximum absolute atomic E-state index is 2.62. The van der Waals surface area contributed by atoms with Gasteiger partial charge in [0.05, 0.1) is 32.9 Å². The Kier molecular flexibility index (Phi) is 9.58. The summed E-state index contributed by atoms with van der Waals surface area (Å²) in [6, 6.07) is 112. The third kappa shape index (κ3) is 5.99. The SMILES string of the molecule is C1=CC2=C(CC1)c1ccccc1C21c2ccccc2-c2ccc(-c3c4ccc(-n5c6ccccc6c6ccccc65)cc4c(-c4ccc5c(c4)C4(c6ccccc6-c6ccccc64)c4ccccc4-5)c4ccc(-n5c6ccccc6c6ccccc65)cc34)cc21. The molecule has 0 saturated heterocycles. The average molecular weight is 1140 g/mol. The van der Waals surface area contributed by atoms with Crippen molar-refractivity contribution in [1.29, 1.82) is 0 Å². The number of hydrogen-bond acceptors (Lipinski definition) is 0. The predicted molar refractivity (Wildman–Crippen MR) is 374 cm³/mol. The molecule has 0 radical (unpaired) electrons. The number of benzene rings is 14. The second kappa shape index (κ2) is 17.7. The fourth-order valence-corrected chi connectivity index (χ4v) is 18.3. The molecule has 14 aromatic carbocycles. The van der Waals surface area contributed by atoms with E-state index in [0.29, 0.717) is 0 Å². The summed E-state index contributed by atoms with van der Waals surface area (Å²) in [5.41, 5.74) is 32.5. The molecule has 5 aliphatic carbocycles. The highest BCUT2D eigenvalue weighted by Gasteiger charge is 2.54. The van der Waals surface area contributed by atoms with Gasteiger partial charge in [0.2, 0.25) is 0 Å². The largest absolute Gasteiger partial charge is 0.309 e. The molecule has 416 valence electrons. The van der Waals surface area contributed by atoms with Gasteiger partial charge in [-0.1, -0.05) is 243 Å². The molecule has 2 heterocycles. The third-order valence-electron chi connectivity index (χ3n) is 21.6. The molecule has 21 rings (SSSR count). The maximum atomic E-state index is 2.62. The van der Waals surface area contributed by atoms with E-state index >= 15 is 0 Å². The molecule has 0 N–H and O–H groups in total. The lowest BCUT2D eigenvalue weighted by Gasteiger charge is -2.32. The summed E-state index contributed by atoms with van der Waals surface area (Å²) >= 11 is 0. The van der Waals surface area contributed by atoms with Gasteiger partial charge in [-0.15, -0.1) is 0 Å². The van der Waals surface area contributed by atoms with Gasteiger partial charge in [-0.05, 0) is 206 Å². The molecule has 0 aliphatic heterocycles. The monoisotopic (exact) mass is 1140 g/mol. The van der Waals surface area contributed by atoms with Crippen LogP contribution in [0.15, 0.2) is 309 Å². The van der Waals surface area contributed by atoms with Crippen LogP contribution >= 0.6 is 0 Å². The van der Waals surface area contributed by atoms with Crippen molar-refractivity contribution < 1.29 is 0 Å². The summed E-state index contributed by atoms with van der Waals surface area (Å²) in [5.74, 6) is 0. The zero-order valence-electron chi connectivity index (χ0n) is 49.2. The van der Waals surface area contributed by atoms with Crippen LogP contribution in [-0.4, -0.2) is 9.13 Å². The van der Waals surface area contributed by atoms with Crippen molar-refractivity contribution in [1.82, 2.24) is 9.13 Å². The number of hydrogen-bond donors (Lipinski definition) is 0. The molecular weight excluding hydrogens is 1080 g/mol. The molecule has 16 aromatic rings. The molecule has 0 saturated carbocycles. The molecule has 0 fully saturated rings. The number of allylic oxidation sites excluding steroid dienone is 4. The highest BCUT2D eigenvalue weighted by Crippen LogP contribution is 2.66. The van der Waals surface area contributed by atoms with E-state index in [1.54, 1.807) is 0 Å². The van der Waals surface area contributed by atoms with E-state index in [0.717, 1.165) is 24.2 Å². The van der Waals surface area contributed by atoms with E-state index < -0.39 is 10.8 Å². The Bertz CT molecular complexity index is 5820. The van der Waals surface area contributed by atoms with E-state index in [-0.39, 0.29) is 0 Å². The lowest BCUT2D eigenvalue weighted by molar-refractivity contribution is 0.781. The minimum absolute atomic E-state index is 0.469. The van der Waals surface area contributed by atoms with Gasteiger partial charge in [-0.25, -0.2) is 0 Å². The first-order valence-corrected chi connectivity index (χ1v) is 31.9. The molecule has 2 nitrogen and oxygen atoms in total. The Morgan fingerprint density at radius 1 is 0.256 bits per heavy atom. The summed E-state index contributed by atoms with van der Waals surface area (Å²) in [4.78, 5) is 0. The molecule has 2 heteroatoms. The summed E-state index contributed by atoms with van der Waals surface area (Å²) in [6.45, 7) is 0. The number of fused-ring (bicyclic) bond motifs is 27. The van der Waals surface area contributed by atoms with Crippen LogP contribution in [0, 0.1) is 0 Å². The van der Waals surface area contributed by atoms with Crippen LogP contribution in [0.2, 0.25) is 0 Å². The van der Waals surface area contributed by atoms with Crippen LogP contribution in [0.25, 0.3) is 138 Å². The number of para-hydroxylation sites is 4. The van der Waals surface area contributed by atoms with Crippen molar-refractivity contribution in [2.75, 3.05) is 0 Å². The van der Waals surface area contributed by atoms with Gasteiger partial charge in [0.15, 0.2) is 0 Å². The number of aromatic nitrogens is 2. The van der Waals surface area contributed by atoms with E-state index in [2.05, 4.69) is 312 Å². The number of nitrogens with zero attached hydrogens (tertiary/aromatic N) is 2. The van der Waals surface area contributed by atoms with Crippen molar-refractivity contribution in [2.24, 2.45) is 0 Å². The molecule has 0 amide bonds. The lowest BCUT2D eigenvalue weighted by Crippen LogP contribution is -2.27. The quantitative estimate of drug-likeness (QED) is 0.155. The van der Waals surface area contributed by atoms with Gasteiger partial charge in [-0.2, -0.15) is 0 Å². The van der Waals surface area contributed by atoms with Crippen molar-refractivity contribution >= 4 is 70.7 Å². The topological polar surface area (TPSA) is 9.86 Å². The summed E-state index contributed by atoms with van der Waals surface area (Å²) < 4.78 is 5.00. The van der Waals surface area contributed by atoms with Crippen LogP contribution in [0.5, 0.6) is 0 Å². The van der Waals surface area contributed by atoms with Crippen LogP contribution in [-0.2, 0) is 10.8 Å². The standard InChI is InChI=1S/C88H54N2/c1-11-31-73-57(21-1)58-22-2-12-32-74(58)87(73)77-35-15-5-25-61(77)63-45-41-53(49-79(63)87)85-69-47-43-56(90-83-39-19-9-29-67(83)68-30-10-20-40-84(68)90)52-72(69)86(70-48-44-55(51-71(70)85)89-81-37-17-7-27-65(81)66-28-8-18-38-82(66)89)54-42-46-64-62-26-6-16-36-78(62)88(80(64)50-54)75-33-13-3-23-59(75)60-24-4-14-34-76(60)88/h1-3,5-23,25-52H,4,24H2. The first-order chi connectivity index (χ1) is 44.7. The highest BCUT2D eigenvalue weighted by molar-refractivity contribution is 6.23. The van der Waals surface area contributed by atoms with Crippen molar-refractivity contribution in [3.05, 3.63) is 353 Å². The Balaban J connectivity index is 0.915. The number of rotatable bonds is 4. The molecule has 0 bridgehead atoms. The molecule has 90 heavy (non-hydrogen) atoms. The molecule has 2 spiro atoms. The van der Waals surface area contributed by atoms with Crippen molar-refractivity contribution in [2.45, 2.75) is 23.7 Å². The molecule has 2 aromatic heterocycles. The van der Waals surface area contributed by atoms with Crippen molar-refractivity contribution in [3.8, 4) is 67.0 Å². The summed E-state index contributed by atoms with van der Waals surface area (Å²) in [7, 11) is 0. The maximum Gasteiger partial charge on any atom is 0.0725 e. The van der Waals surface area contributed by atoms with E-state index in [9.17, 15) is 0 Å². The lowest BCUT2D eigenvalue weighted by atomic mass is 9.68. The van der Waals surface area contributed by atoms with Crippen molar-refractivity contribution in [3.63, 3.8) is 0 Å². The fourth-order valence-electron chi connectivity index (χ4n) is 18.3. The minimum atomic E-state index is -0.516. The van der Waals surface area contributed by atoms with Gasteiger partial charge in [0.1, 0.15) is 0 Å². The molecule has 1 unspecified atom stereocenters. The minimum Gasteiger partial charge on any atom is -0.309 e. The van der Waals surface area contributed by atoms with Crippen LogP contribution < -0.4 is 0 Å². The van der Waals surface area contributed by atoms with Crippen LogP contribution in [0.1, 0.15) is 57.3 Å². The molecular formula is C88H54N2. The van der Waals surface area contributed by atoms with Gasteiger partial charge >= 0.3 is 0 Å². The first kappa shape index (κ1) is 48.8. The Morgan fingerprint density at radius 3 is 1.03 bits per heavy atom. The first-order valence-electron chi connectivity index (χ1n) is 31.9. The summed E-state index contributed by atoms with van der Waals surface area (Å²) in [6.07, 6.45) is 6.98. The zero-order valence-corrected chi connectivity index (χ0v) is 49.2. The Hall–Kier alpha value is -11.3. The average Bonchev–Trinajstić information content (AvgIpc) is 1.51. The van der Waals surface area contributed by atoms with Crippen LogP contribution in [0.3, 0.4) is 0 Å². The zero-order chi connectivity index (χ0) is 58.6. The van der Waals surface area contributed by atoms with Gasteiger partial charge in [0.25, 0.3) is 0 Å². The normalized spacial score (nSPS) is 16.0. The Morgan fingerprint density at radius 2 is 0.600 bits per heavy atom. The summed E-state index contributed by atoms with van der Waals surface area (Å²) in [5, 5.41) is 9.84. The Labute approximate surface area is 520 Å². The fraction of sp³-hybridized carbons (Fsp3) is 0.0455. The van der Waals surface area contributed by atoms with Gasteiger partial charge < -0.3 is 9.13 Å². The van der Waals surface area contributed by atoms with Gasteiger partial charge in [-0.3, -0.25) is 0 Å². The highest BCUT2D eigenvalue weighted by atomic mass is 15.0. The second-order valence-corrected chi connectivity index (χ2v) is 25.5. The van der Waals surface area contributed by atoms with E-state index in [1.807, 2.05) is 0 Å². The smallest absolute Gasteiger partial charge is 0.0725 e.